The minimum Gasteiger partial charge on any atom is -0.340 e. The lowest BCUT2D eigenvalue weighted by Crippen LogP contribution is -2.31. The fraction of sp³-hybridized carbons (Fsp3) is 0.316. The molecule has 1 aliphatic rings. The van der Waals surface area contributed by atoms with Crippen molar-refractivity contribution in [3.63, 3.8) is 0 Å². The Morgan fingerprint density at radius 2 is 1.88 bits per heavy atom. The molecular formula is C19H19F3N4. The van der Waals surface area contributed by atoms with Gasteiger partial charge in [-0.05, 0) is 44.0 Å². The Morgan fingerprint density at radius 3 is 2.58 bits per heavy atom. The molecule has 1 aromatic carbocycles. The van der Waals surface area contributed by atoms with Crippen molar-refractivity contribution >= 4 is 22.5 Å². The SMILES string of the molecule is CNC1CCc2c(c3ccc(Nc4cc(F)c(F)c(F)c4)nc3n2C)C1. The number of hydrogen-bond donors (Lipinski definition) is 2. The topological polar surface area (TPSA) is 41.9 Å². The smallest absolute Gasteiger partial charge is 0.194 e. The van der Waals surface area contributed by atoms with Gasteiger partial charge in [-0.2, -0.15) is 0 Å². The van der Waals surface area contributed by atoms with E-state index in [1.807, 2.05) is 20.2 Å². The highest BCUT2D eigenvalue weighted by Gasteiger charge is 2.24. The predicted molar refractivity (Wildman–Crippen MR) is 95.2 cm³/mol. The summed E-state index contributed by atoms with van der Waals surface area (Å²) in [5.74, 6) is -3.50. The van der Waals surface area contributed by atoms with Gasteiger partial charge in [0, 0.05) is 42.0 Å². The summed E-state index contributed by atoms with van der Waals surface area (Å²) in [6.45, 7) is 0. The molecule has 7 heteroatoms. The maximum absolute atomic E-state index is 13.4. The third kappa shape index (κ3) is 2.72. The van der Waals surface area contributed by atoms with Crippen LogP contribution in [0.25, 0.3) is 11.0 Å². The first-order valence-corrected chi connectivity index (χ1v) is 8.54. The van der Waals surface area contributed by atoms with Gasteiger partial charge < -0.3 is 15.2 Å². The third-order valence-corrected chi connectivity index (χ3v) is 5.12. The number of nitrogens with zero attached hydrogens (tertiary/aromatic N) is 2. The standard InChI is InChI=1S/C19H19F3N4/c1-23-10-3-5-16-13(7-10)12-4-6-17(25-19(12)26(16)2)24-11-8-14(20)18(22)15(21)9-11/h4,6,8-10,23H,3,5,7H2,1-2H3,(H,24,25). The highest BCUT2D eigenvalue weighted by Crippen LogP contribution is 2.32. The molecule has 0 fully saturated rings. The van der Waals surface area contributed by atoms with Gasteiger partial charge in [-0.3, -0.25) is 0 Å². The summed E-state index contributed by atoms with van der Waals surface area (Å²) >= 11 is 0. The van der Waals surface area contributed by atoms with Gasteiger partial charge in [-0.15, -0.1) is 0 Å². The van der Waals surface area contributed by atoms with Gasteiger partial charge in [0.15, 0.2) is 17.5 Å². The maximum atomic E-state index is 13.4. The molecule has 1 unspecified atom stereocenters. The number of aryl methyl sites for hydroxylation is 1. The van der Waals surface area contributed by atoms with Crippen molar-refractivity contribution in [1.82, 2.24) is 14.9 Å². The first kappa shape index (κ1) is 16.9. The zero-order chi connectivity index (χ0) is 18.4. The Hall–Kier alpha value is -2.54. The van der Waals surface area contributed by atoms with Crippen LogP contribution in [0, 0.1) is 17.5 Å². The molecule has 2 N–H and O–H groups in total. The second-order valence-corrected chi connectivity index (χ2v) is 6.66. The average Bonchev–Trinajstić information content (AvgIpc) is 2.91. The number of pyridine rings is 1. The van der Waals surface area contributed by atoms with Crippen LogP contribution in [-0.4, -0.2) is 22.6 Å². The number of hydrogen-bond acceptors (Lipinski definition) is 3. The largest absolute Gasteiger partial charge is 0.340 e. The fourth-order valence-electron chi connectivity index (χ4n) is 3.72. The van der Waals surface area contributed by atoms with Gasteiger partial charge in [-0.25, -0.2) is 18.2 Å². The van der Waals surface area contributed by atoms with E-state index in [0.717, 1.165) is 42.4 Å². The van der Waals surface area contributed by atoms with Crippen molar-refractivity contribution in [2.75, 3.05) is 12.4 Å². The van der Waals surface area contributed by atoms with Crippen LogP contribution in [0.3, 0.4) is 0 Å². The summed E-state index contributed by atoms with van der Waals surface area (Å²) in [7, 11) is 3.96. The van der Waals surface area contributed by atoms with Crippen LogP contribution in [-0.2, 0) is 19.9 Å². The summed E-state index contributed by atoms with van der Waals surface area (Å²) in [5, 5.41) is 7.27. The number of anilines is 2. The molecule has 2 aromatic heterocycles. The Morgan fingerprint density at radius 1 is 1.15 bits per heavy atom. The number of likely N-dealkylation sites (N-methyl/N-ethyl adjacent to an activating group) is 1. The molecule has 1 aliphatic carbocycles. The molecule has 3 aromatic rings. The van der Waals surface area contributed by atoms with Gasteiger partial charge in [0.2, 0.25) is 0 Å². The van der Waals surface area contributed by atoms with E-state index in [0.29, 0.717) is 11.9 Å². The number of fused-ring (bicyclic) bond motifs is 3. The van der Waals surface area contributed by atoms with Crippen LogP contribution in [0.15, 0.2) is 24.3 Å². The Bertz CT molecular complexity index is 973. The van der Waals surface area contributed by atoms with E-state index in [9.17, 15) is 13.2 Å². The Labute approximate surface area is 149 Å². The summed E-state index contributed by atoms with van der Waals surface area (Å²) in [5.41, 5.74) is 3.50. The summed E-state index contributed by atoms with van der Waals surface area (Å²) in [6, 6.07) is 6.02. The molecule has 0 saturated carbocycles. The van der Waals surface area contributed by atoms with E-state index in [1.165, 1.54) is 11.3 Å². The maximum Gasteiger partial charge on any atom is 0.194 e. The van der Waals surface area contributed by atoms with Crippen molar-refractivity contribution in [2.24, 2.45) is 7.05 Å². The molecule has 0 spiro atoms. The lowest BCUT2D eigenvalue weighted by Gasteiger charge is -2.22. The van der Waals surface area contributed by atoms with Crippen LogP contribution in [0.2, 0.25) is 0 Å². The highest BCUT2D eigenvalue weighted by atomic mass is 19.2. The summed E-state index contributed by atoms with van der Waals surface area (Å²) in [4.78, 5) is 4.60. The van der Waals surface area contributed by atoms with Crippen LogP contribution in [0.4, 0.5) is 24.7 Å². The van der Waals surface area contributed by atoms with Gasteiger partial charge in [-0.1, -0.05) is 0 Å². The second-order valence-electron chi connectivity index (χ2n) is 6.66. The molecule has 2 heterocycles. The third-order valence-electron chi connectivity index (χ3n) is 5.12. The van der Waals surface area contributed by atoms with Gasteiger partial charge in [0.25, 0.3) is 0 Å². The van der Waals surface area contributed by atoms with Crippen molar-refractivity contribution < 1.29 is 13.2 Å². The number of benzene rings is 1. The highest BCUT2D eigenvalue weighted by molar-refractivity contribution is 5.84. The molecule has 136 valence electrons. The number of aromatic nitrogens is 2. The van der Waals surface area contributed by atoms with E-state index in [-0.39, 0.29) is 5.69 Å². The number of halogens is 3. The Balaban J connectivity index is 1.72. The predicted octanol–water partition coefficient (Wildman–Crippen LogP) is 3.81. The van der Waals surface area contributed by atoms with E-state index in [1.54, 1.807) is 6.07 Å². The van der Waals surface area contributed by atoms with Crippen molar-refractivity contribution in [1.29, 1.82) is 0 Å². The molecule has 4 rings (SSSR count). The van der Waals surface area contributed by atoms with E-state index >= 15 is 0 Å². The zero-order valence-corrected chi connectivity index (χ0v) is 14.5. The average molecular weight is 360 g/mol. The van der Waals surface area contributed by atoms with Crippen molar-refractivity contribution in [3.05, 3.63) is 53.0 Å². The van der Waals surface area contributed by atoms with Crippen LogP contribution in [0.1, 0.15) is 17.7 Å². The molecular weight excluding hydrogens is 341 g/mol. The molecule has 0 amide bonds. The first-order valence-electron chi connectivity index (χ1n) is 8.54. The van der Waals surface area contributed by atoms with Gasteiger partial charge in [0.1, 0.15) is 11.5 Å². The number of nitrogens with one attached hydrogen (secondary N) is 2. The van der Waals surface area contributed by atoms with Crippen molar-refractivity contribution in [2.45, 2.75) is 25.3 Å². The molecule has 1 atom stereocenters. The summed E-state index contributed by atoms with van der Waals surface area (Å²) in [6.07, 6.45) is 3.00. The monoisotopic (exact) mass is 360 g/mol. The van der Waals surface area contributed by atoms with Crippen LogP contribution >= 0.6 is 0 Å². The second kappa shape index (κ2) is 6.32. The minimum absolute atomic E-state index is 0.113. The lowest BCUT2D eigenvalue weighted by molar-refractivity contribution is 0.448. The molecule has 0 bridgehead atoms. The van der Waals surface area contributed by atoms with E-state index < -0.39 is 17.5 Å². The Kier molecular flexibility index (Phi) is 4.11. The zero-order valence-electron chi connectivity index (χ0n) is 14.5. The molecule has 0 aliphatic heterocycles. The fourth-order valence-corrected chi connectivity index (χ4v) is 3.72. The molecule has 0 saturated heterocycles. The van der Waals surface area contributed by atoms with Crippen LogP contribution in [0.5, 0.6) is 0 Å². The quantitative estimate of drug-likeness (QED) is 0.698. The molecule has 0 radical (unpaired) electrons. The van der Waals surface area contributed by atoms with Crippen LogP contribution < -0.4 is 10.6 Å². The van der Waals surface area contributed by atoms with E-state index in [2.05, 4.69) is 20.2 Å². The van der Waals surface area contributed by atoms with Crippen molar-refractivity contribution in [3.8, 4) is 0 Å². The number of rotatable bonds is 3. The van der Waals surface area contributed by atoms with E-state index in [4.69, 9.17) is 0 Å². The lowest BCUT2D eigenvalue weighted by atomic mass is 9.92. The minimum atomic E-state index is -1.48. The van der Waals surface area contributed by atoms with Gasteiger partial charge in [0.05, 0.1) is 0 Å². The first-order chi connectivity index (χ1) is 12.5. The molecule has 26 heavy (non-hydrogen) atoms. The molecule has 4 nitrogen and oxygen atoms in total. The normalized spacial score (nSPS) is 16.7. The summed E-state index contributed by atoms with van der Waals surface area (Å²) < 4.78 is 42.0. The van der Waals surface area contributed by atoms with Gasteiger partial charge >= 0.3 is 0 Å².